The van der Waals surface area contributed by atoms with E-state index in [9.17, 15) is 5.11 Å². The van der Waals surface area contributed by atoms with Crippen LogP contribution in [0.25, 0.3) is 0 Å². The lowest BCUT2D eigenvalue weighted by Gasteiger charge is -2.49. The van der Waals surface area contributed by atoms with Gasteiger partial charge in [0.15, 0.2) is 6.10 Å². The minimum absolute atomic E-state index is 0.0116. The lowest BCUT2D eigenvalue weighted by molar-refractivity contribution is -0.436. The molecule has 290 valence electrons. The SMILES string of the molecule is Cc1ccc(Cc2c(O[C@@]3(O)O[C@H](COCc4ccccc4)[C@@H](OCc4ccccc4)[C@H](OCc4ccccc4)[C@H]3OCc3ccccc3)n[nH]c2C)c(F)c1. The Labute approximate surface area is 326 Å². The van der Waals surface area contributed by atoms with Gasteiger partial charge in [0.05, 0.1) is 33.0 Å². The third-order valence-corrected chi connectivity index (χ3v) is 9.76. The standard InChI is InChI=1S/C46H47FN2O7/c1-32-23-24-38(40(47)25-32)26-39-33(2)48-49-45(39)56-46(50)44(54-30-37-21-13-6-14-22-37)43(53-29-36-19-11-5-12-20-36)42(52-28-35-17-9-4-10-18-35)41(55-46)31-51-27-34-15-7-3-8-16-34/h3-25,41-44,50H,26-31H2,1-2H3,(H,48,49)/t41-,42-,43+,44-,46+/m1/s1. The molecule has 0 amide bonds. The molecule has 1 fully saturated rings. The van der Waals surface area contributed by atoms with Crippen molar-refractivity contribution in [2.24, 2.45) is 0 Å². The lowest BCUT2D eigenvalue weighted by atomic mass is 9.96. The molecular weight excluding hydrogens is 712 g/mol. The fourth-order valence-corrected chi connectivity index (χ4v) is 6.75. The summed E-state index contributed by atoms with van der Waals surface area (Å²) in [5, 5.41) is 20.2. The van der Waals surface area contributed by atoms with Crippen LogP contribution >= 0.6 is 0 Å². The van der Waals surface area contributed by atoms with Crippen molar-refractivity contribution in [1.82, 2.24) is 10.2 Å². The van der Waals surface area contributed by atoms with Gasteiger partial charge in [-0.2, -0.15) is 0 Å². The van der Waals surface area contributed by atoms with Crippen LogP contribution in [-0.4, -0.2) is 52.3 Å². The number of hydrogen-bond acceptors (Lipinski definition) is 8. The van der Waals surface area contributed by atoms with Crippen molar-refractivity contribution in [2.45, 2.75) is 77.1 Å². The number of nitrogens with zero attached hydrogens (tertiary/aromatic N) is 1. The first kappa shape index (κ1) is 39.1. The van der Waals surface area contributed by atoms with Gasteiger partial charge in [-0.05, 0) is 53.3 Å². The van der Waals surface area contributed by atoms with Crippen LogP contribution in [0.2, 0.25) is 0 Å². The number of ether oxygens (including phenoxy) is 6. The molecule has 6 aromatic rings. The van der Waals surface area contributed by atoms with E-state index in [0.29, 0.717) is 23.4 Å². The van der Waals surface area contributed by atoms with E-state index >= 15 is 4.39 Å². The van der Waals surface area contributed by atoms with E-state index < -0.39 is 30.4 Å². The number of aliphatic hydroxyl groups is 1. The second kappa shape index (κ2) is 18.6. The molecule has 5 atom stereocenters. The summed E-state index contributed by atoms with van der Waals surface area (Å²) in [6, 6.07) is 44.0. The smallest absolute Gasteiger partial charge is 0.356 e. The second-order valence-corrected chi connectivity index (χ2v) is 14.0. The van der Waals surface area contributed by atoms with Crippen molar-refractivity contribution in [3.8, 4) is 5.88 Å². The van der Waals surface area contributed by atoms with Crippen LogP contribution in [0.15, 0.2) is 140 Å². The molecule has 5 aromatic carbocycles. The van der Waals surface area contributed by atoms with Gasteiger partial charge in [0.2, 0.25) is 5.88 Å². The van der Waals surface area contributed by atoms with Crippen LogP contribution in [0.5, 0.6) is 5.88 Å². The molecule has 9 nitrogen and oxygen atoms in total. The summed E-state index contributed by atoms with van der Waals surface area (Å²) in [6.07, 6.45) is -3.80. The van der Waals surface area contributed by atoms with Crippen LogP contribution < -0.4 is 4.74 Å². The second-order valence-electron chi connectivity index (χ2n) is 14.0. The zero-order chi connectivity index (χ0) is 38.7. The van der Waals surface area contributed by atoms with E-state index in [2.05, 4.69) is 10.2 Å². The first-order chi connectivity index (χ1) is 27.3. The Kier molecular flexibility index (Phi) is 13.0. The molecule has 10 heteroatoms. The third-order valence-electron chi connectivity index (χ3n) is 9.76. The summed E-state index contributed by atoms with van der Waals surface area (Å²) >= 11 is 0. The fraction of sp³-hybridized carbons (Fsp3) is 0.283. The minimum atomic E-state index is -2.48. The highest BCUT2D eigenvalue weighted by molar-refractivity contribution is 5.37. The van der Waals surface area contributed by atoms with E-state index in [1.165, 1.54) is 6.07 Å². The summed E-state index contributed by atoms with van der Waals surface area (Å²) in [7, 11) is 0. The van der Waals surface area contributed by atoms with Crippen molar-refractivity contribution >= 4 is 0 Å². The minimum Gasteiger partial charge on any atom is -0.417 e. The van der Waals surface area contributed by atoms with Gasteiger partial charge in [-0.15, -0.1) is 5.10 Å². The van der Waals surface area contributed by atoms with E-state index in [0.717, 1.165) is 27.8 Å². The summed E-state index contributed by atoms with van der Waals surface area (Å²) in [4.78, 5) is 0. The van der Waals surface area contributed by atoms with Crippen molar-refractivity contribution in [2.75, 3.05) is 6.61 Å². The molecule has 2 N–H and O–H groups in total. The molecule has 1 aromatic heterocycles. The number of hydrogen-bond donors (Lipinski definition) is 2. The molecule has 1 aliphatic heterocycles. The number of aromatic amines is 1. The maximum absolute atomic E-state index is 15.2. The summed E-state index contributed by atoms with van der Waals surface area (Å²) in [5.41, 5.74) is 6.13. The van der Waals surface area contributed by atoms with Crippen molar-refractivity contribution in [3.63, 3.8) is 0 Å². The van der Waals surface area contributed by atoms with Gasteiger partial charge in [0.1, 0.15) is 24.1 Å². The molecule has 0 aliphatic carbocycles. The van der Waals surface area contributed by atoms with Crippen LogP contribution in [0.1, 0.15) is 44.6 Å². The van der Waals surface area contributed by atoms with Crippen LogP contribution in [-0.2, 0) is 56.5 Å². The normalized spacial score (nSPS) is 20.9. The van der Waals surface area contributed by atoms with Gasteiger partial charge < -0.3 is 33.5 Å². The van der Waals surface area contributed by atoms with E-state index in [1.54, 1.807) is 6.07 Å². The topological polar surface area (TPSA) is 104 Å². The summed E-state index contributed by atoms with van der Waals surface area (Å²) in [5.74, 6) is -2.80. The molecule has 0 saturated carbocycles. The van der Waals surface area contributed by atoms with E-state index in [-0.39, 0.29) is 44.5 Å². The number of nitrogens with one attached hydrogen (secondary N) is 1. The zero-order valence-electron chi connectivity index (χ0n) is 31.6. The molecule has 1 saturated heterocycles. The lowest BCUT2D eigenvalue weighted by Crippen LogP contribution is -2.69. The predicted octanol–water partition coefficient (Wildman–Crippen LogP) is 8.15. The summed E-state index contributed by atoms with van der Waals surface area (Å²) < 4.78 is 54.6. The number of H-pyrrole nitrogens is 1. The monoisotopic (exact) mass is 758 g/mol. The van der Waals surface area contributed by atoms with Gasteiger partial charge in [-0.25, -0.2) is 4.39 Å². The highest BCUT2D eigenvalue weighted by Crippen LogP contribution is 2.38. The molecule has 2 heterocycles. The number of aromatic nitrogens is 2. The quantitative estimate of drug-likeness (QED) is 0.0899. The zero-order valence-corrected chi connectivity index (χ0v) is 31.6. The maximum atomic E-state index is 15.2. The van der Waals surface area contributed by atoms with E-state index in [4.69, 9.17) is 28.4 Å². The Morgan fingerprint density at radius 1 is 0.679 bits per heavy atom. The van der Waals surface area contributed by atoms with Crippen LogP contribution in [0.3, 0.4) is 0 Å². The molecule has 56 heavy (non-hydrogen) atoms. The van der Waals surface area contributed by atoms with Gasteiger partial charge in [0, 0.05) is 17.7 Å². The summed E-state index contributed by atoms with van der Waals surface area (Å²) in [6.45, 7) is 4.45. The average molecular weight is 759 g/mol. The van der Waals surface area contributed by atoms with Crippen molar-refractivity contribution < 1.29 is 37.9 Å². The number of aryl methyl sites for hydroxylation is 2. The number of halogens is 1. The fourth-order valence-electron chi connectivity index (χ4n) is 6.75. The molecule has 7 rings (SSSR count). The molecule has 0 unspecified atom stereocenters. The first-order valence-electron chi connectivity index (χ1n) is 18.8. The highest BCUT2D eigenvalue weighted by Gasteiger charge is 2.59. The third kappa shape index (κ3) is 9.96. The van der Waals surface area contributed by atoms with Gasteiger partial charge in [0.25, 0.3) is 0 Å². The predicted molar refractivity (Wildman–Crippen MR) is 209 cm³/mol. The Bertz CT molecular complexity index is 2100. The number of benzene rings is 5. The molecular formula is C46H47FN2O7. The first-order valence-corrected chi connectivity index (χ1v) is 18.8. The molecule has 1 aliphatic rings. The largest absolute Gasteiger partial charge is 0.417 e. The molecule has 0 spiro atoms. The Morgan fingerprint density at radius 3 is 1.75 bits per heavy atom. The Morgan fingerprint density at radius 2 is 1.20 bits per heavy atom. The van der Waals surface area contributed by atoms with Gasteiger partial charge in [-0.1, -0.05) is 133 Å². The van der Waals surface area contributed by atoms with Crippen LogP contribution in [0.4, 0.5) is 4.39 Å². The Hall–Kier alpha value is -5.20. The highest BCUT2D eigenvalue weighted by atomic mass is 19.1. The Balaban J connectivity index is 1.26. The average Bonchev–Trinajstić information content (AvgIpc) is 3.55. The van der Waals surface area contributed by atoms with E-state index in [1.807, 2.05) is 141 Å². The number of rotatable bonds is 17. The van der Waals surface area contributed by atoms with Crippen molar-refractivity contribution in [1.29, 1.82) is 0 Å². The van der Waals surface area contributed by atoms with Crippen LogP contribution in [0, 0.1) is 19.7 Å². The maximum Gasteiger partial charge on any atom is 0.356 e. The van der Waals surface area contributed by atoms with Gasteiger partial charge >= 0.3 is 5.97 Å². The van der Waals surface area contributed by atoms with Gasteiger partial charge in [-0.3, -0.25) is 5.10 Å². The molecule has 0 bridgehead atoms. The molecule has 0 radical (unpaired) electrons. The van der Waals surface area contributed by atoms with Crippen molar-refractivity contribution in [3.05, 3.63) is 190 Å².